The standard InChI is InChI=1S/C32H37F2N7O3/c1-3-21-19-22(8-9-23(21)32(43)37-12-6-4-5-7-27(42)40-16-13-35-14-17-40)39-30-31-38-20-25(41(31)18-15-36-30)24-10-11-26(44-2)29(34)28(24)33/h8-11,15,18-20,35H,3-7,12-14,16-17H2,1-2H3,(H,36,39)(H,37,43). The number of rotatable bonds is 12. The second-order valence-corrected chi connectivity index (χ2v) is 10.6. The van der Waals surface area contributed by atoms with Crippen molar-refractivity contribution < 1.29 is 23.1 Å². The van der Waals surface area contributed by atoms with E-state index in [9.17, 15) is 18.4 Å². The van der Waals surface area contributed by atoms with Crippen LogP contribution in [0.1, 0.15) is 48.5 Å². The molecule has 2 aromatic heterocycles. The fourth-order valence-electron chi connectivity index (χ4n) is 5.36. The number of benzene rings is 2. The highest BCUT2D eigenvalue weighted by atomic mass is 19.2. The van der Waals surface area contributed by atoms with Crippen molar-refractivity contribution in [2.45, 2.75) is 39.0 Å². The van der Waals surface area contributed by atoms with Crippen LogP contribution in [0.4, 0.5) is 20.3 Å². The van der Waals surface area contributed by atoms with Crippen molar-refractivity contribution in [3.8, 4) is 17.0 Å². The average Bonchev–Trinajstić information content (AvgIpc) is 3.49. The molecule has 0 aliphatic carbocycles. The van der Waals surface area contributed by atoms with Crippen LogP contribution in [0.5, 0.6) is 5.75 Å². The molecule has 0 unspecified atom stereocenters. The van der Waals surface area contributed by atoms with Crippen LogP contribution in [-0.2, 0) is 11.2 Å². The SMILES string of the molecule is CCc1cc(Nc2nccn3c(-c4ccc(OC)c(F)c4F)cnc23)ccc1C(=O)NCCCCCC(=O)N1CCNCC1. The summed E-state index contributed by atoms with van der Waals surface area (Å²) in [5, 5.41) is 9.50. The van der Waals surface area contributed by atoms with Gasteiger partial charge in [-0.3, -0.25) is 14.0 Å². The highest BCUT2D eigenvalue weighted by Crippen LogP contribution is 2.31. The number of ether oxygens (including phenoxy) is 1. The number of hydrogen-bond donors (Lipinski definition) is 3. The number of imidazole rings is 1. The minimum absolute atomic E-state index is 0.0419. The zero-order valence-corrected chi connectivity index (χ0v) is 25.0. The Balaban J connectivity index is 1.20. The number of carbonyl (C=O) groups excluding carboxylic acids is 2. The number of amides is 2. The van der Waals surface area contributed by atoms with Crippen LogP contribution in [0, 0.1) is 11.6 Å². The molecule has 2 amide bonds. The van der Waals surface area contributed by atoms with Crippen molar-refractivity contribution in [3.63, 3.8) is 0 Å². The first-order valence-electron chi connectivity index (χ1n) is 14.9. The summed E-state index contributed by atoms with van der Waals surface area (Å²) in [7, 11) is 1.28. The van der Waals surface area contributed by atoms with Gasteiger partial charge < -0.3 is 25.6 Å². The highest BCUT2D eigenvalue weighted by Gasteiger charge is 2.20. The first-order valence-corrected chi connectivity index (χ1v) is 14.9. The molecular formula is C32H37F2N7O3. The van der Waals surface area contributed by atoms with Crippen molar-refractivity contribution in [2.24, 2.45) is 0 Å². The molecule has 1 aliphatic heterocycles. The van der Waals surface area contributed by atoms with E-state index in [1.807, 2.05) is 17.9 Å². The average molecular weight is 606 g/mol. The first-order chi connectivity index (χ1) is 21.4. The largest absolute Gasteiger partial charge is 0.494 e. The van der Waals surface area contributed by atoms with Gasteiger partial charge in [0.15, 0.2) is 23.0 Å². The Kier molecular flexibility index (Phi) is 10.0. The maximum atomic E-state index is 14.8. The Hall–Kier alpha value is -4.58. The number of hydrogen-bond acceptors (Lipinski definition) is 7. The predicted molar refractivity (Wildman–Crippen MR) is 164 cm³/mol. The summed E-state index contributed by atoms with van der Waals surface area (Å²) in [6.07, 6.45) is 8.29. The van der Waals surface area contributed by atoms with E-state index < -0.39 is 11.6 Å². The molecule has 0 atom stereocenters. The number of carbonyl (C=O) groups is 2. The van der Waals surface area contributed by atoms with Gasteiger partial charge in [0.25, 0.3) is 5.91 Å². The quantitative estimate of drug-likeness (QED) is 0.201. The van der Waals surface area contributed by atoms with E-state index in [0.717, 1.165) is 51.0 Å². The molecule has 3 N–H and O–H groups in total. The Morgan fingerprint density at radius 2 is 1.86 bits per heavy atom. The lowest BCUT2D eigenvalue weighted by molar-refractivity contribution is -0.131. The van der Waals surface area contributed by atoms with Crippen molar-refractivity contribution >= 4 is 29.0 Å². The van der Waals surface area contributed by atoms with Crippen LogP contribution < -0.4 is 20.7 Å². The van der Waals surface area contributed by atoms with Crippen molar-refractivity contribution in [2.75, 3.05) is 45.2 Å². The fraction of sp³-hybridized carbons (Fsp3) is 0.375. The number of nitrogens with one attached hydrogen (secondary N) is 3. The van der Waals surface area contributed by atoms with E-state index in [0.29, 0.717) is 47.8 Å². The summed E-state index contributed by atoms with van der Waals surface area (Å²) in [6, 6.07) is 8.28. The third kappa shape index (κ3) is 6.80. The van der Waals surface area contributed by atoms with E-state index in [1.54, 1.807) is 28.9 Å². The van der Waals surface area contributed by atoms with E-state index in [1.165, 1.54) is 25.4 Å². The molecule has 2 aromatic carbocycles. The summed E-state index contributed by atoms with van der Waals surface area (Å²) in [5.41, 5.74) is 2.99. The molecule has 0 saturated carbocycles. The molecule has 232 valence electrons. The fourth-order valence-corrected chi connectivity index (χ4v) is 5.36. The van der Waals surface area contributed by atoms with Crippen LogP contribution >= 0.6 is 0 Å². The number of fused-ring (bicyclic) bond motifs is 1. The number of nitrogens with zero attached hydrogens (tertiary/aromatic N) is 4. The van der Waals surface area contributed by atoms with E-state index in [-0.39, 0.29) is 23.1 Å². The molecule has 10 nitrogen and oxygen atoms in total. The molecule has 1 aliphatic rings. The summed E-state index contributed by atoms with van der Waals surface area (Å²) in [6.45, 7) is 5.76. The number of aryl methyl sites for hydroxylation is 1. The van der Waals surface area contributed by atoms with Crippen LogP contribution in [0.2, 0.25) is 0 Å². The van der Waals surface area contributed by atoms with Crippen LogP contribution in [0.25, 0.3) is 16.9 Å². The Bertz CT molecular complexity index is 1640. The number of unbranched alkanes of at least 4 members (excludes halogenated alkanes) is 2. The van der Waals surface area contributed by atoms with E-state index >= 15 is 0 Å². The van der Waals surface area contributed by atoms with Gasteiger partial charge in [-0.25, -0.2) is 14.4 Å². The Morgan fingerprint density at radius 3 is 2.64 bits per heavy atom. The molecule has 1 saturated heterocycles. The molecular weight excluding hydrogens is 568 g/mol. The topological polar surface area (TPSA) is 113 Å². The van der Waals surface area contributed by atoms with Crippen molar-refractivity contribution in [1.29, 1.82) is 0 Å². The third-order valence-electron chi connectivity index (χ3n) is 7.79. The molecule has 5 rings (SSSR count). The van der Waals surface area contributed by atoms with Crippen LogP contribution in [-0.4, -0.2) is 70.9 Å². The van der Waals surface area contributed by atoms with Gasteiger partial charge in [-0.2, -0.15) is 4.39 Å². The molecule has 0 bridgehead atoms. The minimum Gasteiger partial charge on any atom is -0.494 e. The molecule has 4 aromatic rings. The zero-order chi connectivity index (χ0) is 31.1. The maximum absolute atomic E-state index is 14.8. The second kappa shape index (κ2) is 14.3. The van der Waals surface area contributed by atoms with Gasteiger partial charge in [0.2, 0.25) is 11.7 Å². The van der Waals surface area contributed by atoms with Gasteiger partial charge in [-0.05, 0) is 55.2 Å². The number of methoxy groups -OCH3 is 1. The van der Waals surface area contributed by atoms with Crippen LogP contribution in [0.15, 0.2) is 48.9 Å². The van der Waals surface area contributed by atoms with Crippen molar-refractivity contribution in [1.82, 2.24) is 29.9 Å². The zero-order valence-electron chi connectivity index (χ0n) is 25.0. The molecule has 12 heteroatoms. The summed E-state index contributed by atoms with van der Waals surface area (Å²) < 4.78 is 35.7. The number of anilines is 2. The first kappa shape index (κ1) is 30.9. The van der Waals surface area contributed by atoms with E-state index in [2.05, 4.69) is 25.9 Å². The summed E-state index contributed by atoms with van der Waals surface area (Å²) in [5.74, 6) is -1.79. The normalized spacial score (nSPS) is 13.2. The third-order valence-corrected chi connectivity index (χ3v) is 7.79. The highest BCUT2D eigenvalue weighted by molar-refractivity contribution is 5.96. The number of piperazine rings is 1. The maximum Gasteiger partial charge on any atom is 0.251 e. The van der Waals surface area contributed by atoms with Crippen molar-refractivity contribution in [3.05, 3.63) is 71.7 Å². The molecule has 1 fully saturated rings. The van der Waals surface area contributed by atoms with Gasteiger partial charge in [0.1, 0.15) is 0 Å². The smallest absolute Gasteiger partial charge is 0.251 e. The van der Waals surface area contributed by atoms with E-state index in [4.69, 9.17) is 4.74 Å². The monoisotopic (exact) mass is 605 g/mol. The van der Waals surface area contributed by atoms with Gasteiger partial charge in [-0.15, -0.1) is 0 Å². The van der Waals surface area contributed by atoms with Gasteiger partial charge >= 0.3 is 0 Å². The molecule has 0 radical (unpaired) electrons. The molecule has 44 heavy (non-hydrogen) atoms. The molecule has 3 heterocycles. The minimum atomic E-state index is -1.07. The lowest BCUT2D eigenvalue weighted by atomic mass is 10.0. The van der Waals surface area contributed by atoms with Gasteiger partial charge in [0.05, 0.1) is 19.0 Å². The van der Waals surface area contributed by atoms with Crippen LogP contribution in [0.3, 0.4) is 0 Å². The van der Waals surface area contributed by atoms with Gasteiger partial charge in [0, 0.05) is 68.4 Å². The predicted octanol–water partition coefficient (Wildman–Crippen LogP) is 4.71. The second-order valence-electron chi connectivity index (χ2n) is 10.6. The number of halogens is 2. The molecule has 0 spiro atoms. The lowest BCUT2D eigenvalue weighted by Crippen LogP contribution is -2.46. The Morgan fingerprint density at radius 1 is 1.05 bits per heavy atom. The number of aromatic nitrogens is 3. The summed E-state index contributed by atoms with van der Waals surface area (Å²) in [4.78, 5) is 36.0. The lowest BCUT2D eigenvalue weighted by Gasteiger charge is -2.27. The Labute approximate surface area is 254 Å². The summed E-state index contributed by atoms with van der Waals surface area (Å²) >= 11 is 0. The van der Waals surface area contributed by atoms with Gasteiger partial charge in [-0.1, -0.05) is 13.3 Å².